The zero-order valence-corrected chi connectivity index (χ0v) is 6.31. The zero-order valence-electron chi connectivity index (χ0n) is 3.02. The van der Waals surface area contributed by atoms with Crippen molar-refractivity contribution >= 4 is 22.5 Å². The van der Waals surface area contributed by atoms with Crippen molar-refractivity contribution in [2.45, 2.75) is 10.4 Å². The van der Waals surface area contributed by atoms with Crippen molar-refractivity contribution in [1.82, 2.24) is 0 Å². The van der Waals surface area contributed by atoms with Crippen LogP contribution in [0.15, 0.2) is 12.2 Å². The molecule has 1 aliphatic carbocycles. The van der Waals surface area contributed by atoms with Crippen molar-refractivity contribution in [3.05, 3.63) is 12.2 Å². The van der Waals surface area contributed by atoms with Gasteiger partial charge in [-0.1, -0.05) is 0 Å². The quantitative estimate of drug-likeness (QED) is 0.372. The molecule has 0 saturated heterocycles. The molecule has 0 aromatic rings. The Morgan fingerprint density at radius 3 is 2.20 bits per heavy atom. The van der Waals surface area contributed by atoms with Crippen molar-refractivity contribution < 1.29 is 0 Å². The van der Waals surface area contributed by atoms with Crippen molar-refractivity contribution in [3.63, 3.8) is 0 Å². The van der Waals surface area contributed by atoms with E-state index >= 15 is 0 Å². The van der Waals surface area contributed by atoms with E-state index in [1.807, 2.05) is 0 Å². The predicted octanol–water partition coefficient (Wildman–Crippen LogP) is 0.636. The molecule has 0 aliphatic heterocycles. The van der Waals surface area contributed by atoms with Crippen LogP contribution < -0.4 is 0 Å². The Labute approximate surface area is 45.3 Å². The van der Waals surface area contributed by atoms with Gasteiger partial charge in [0.1, 0.15) is 0 Å². The van der Waals surface area contributed by atoms with E-state index < -0.39 is 0 Å². The van der Waals surface area contributed by atoms with Gasteiger partial charge in [-0.3, -0.25) is 0 Å². The van der Waals surface area contributed by atoms with Gasteiger partial charge in [-0.25, -0.2) is 0 Å². The van der Waals surface area contributed by atoms with E-state index in [0.29, 0.717) is 0 Å². The fraction of sp³-hybridized carbons (Fsp3) is 0.500. The Morgan fingerprint density at radius 2 is 2.20 bits per heavy atom. The fourth-order valence-electron chi connectivity index (χ4n) is 0.293. The molecule has 0 spiro atoms. The Hall–Kier alpha value is 0.539. The number of hydrogen-bond donors (Lipinski definition) is 0. The van der Waals surface area contributed by atoms with E-state index in [2.05, 4.69) is 12.2 Å². The molecule has 0 N–H and O–H groups in total. The maximum absolute atomic E-state index is 2.28. The summed E-state index contributed by atoms with van der Waals surface area (Å²) in [5, 5.41) is 0. The van der Waals surface area contributed by atoms with E-state index in [9.17, 15) is 0 Å². The molecule has 1 rings (SSSR count). The molecule has 0 saturated carbocycles. The van der Waals surface area contributed by atoms with Crippen LogP contribution in [-0.4, -0.2) is 22.5 Å². The molecule has 0 nitrogen and oxygen atoms in total. The summed E-state index contributed by atoms with van der Waals surface area (Å²) in [4.78, 5) is 0. The van der Waals surface area contributed by atoms with E-state index in [0.717, 1.165) is 3.93 Å². The summed E-state index contributed by atoms with van der Waals surface area (Å²) < 4.78 is 1.01. The summed E-state index contributed by atoms with van der Waals surface area (Å²) in [5.74, 6) is 0. The molecule has 0 heterocycles. The van der Waals surface area contributed by atoms with Gasteiger partial charge in [0.05, 0.1) is 0 Å². The van der Waals surface area contributed by atoms with E-state index in [1.54, 1.807) is 0 Å². The van der Waals surface area contributed by atoms with Gasteiger partial charge in [-0.15, -0.1) is 0 Å². The van der Waals surface area contributed by atoms with Crippen LogP contribution in [0, 0.1) is 0 Å². The van der Waals surface area contributed by atoms with Crippen LogP contribution in [0.2, 0.25) is 3.93 Å². The topological polar surface area (TPSA) is 0 Å². The van der Waals surface area contributed by atoms with Crippen LogP contribution in [-0.2, 0) is 0 Å². The summed E-state index contributed by atoms with van der Waals surface area (Å²) in [6.07, 6.45) is 5.87. The normalized spacial score (nSPS) is 33.4. The Bertz CT molecular complexity index is 56.7. The molecule has 26 valence electrons. The van der Waals surface area contributed by atoms with Crippen LogP contribution in [0.3, 0.4) is 0 Å². The molecule has 0 bridgehead atoms. The molecule has 2 radical (unpaired) electrons. The third kappa shape index (κ3) is 0.684. The fourth-order valence-corrected chi connectivity index (χ4v) is 1.19. The Kier molecular flexibility index (Phi) is 0.989. The molecule has 1 unspecified atom stereocenters. The van der Waals surface area contributed by atoms with Crippen LogP contribution in [0.5, 0.6) is 0 Å². The zero-order chi connectivity index (χ0) is 3.70. The Morgan fingerprint density at radius 1 is 1.80 bits per heavy atom. The van der Waals surface area contributed by atoms with Crippen molar-refractivity contribution in [2.24, 2.45) is 0 Å². The second kappa shape index (κ2) is 1.33. The van der Waals surface area contributed by atoms with E-state index in [1.165, 1.54) is 28.9 Å². The molecule has 1 aliphatic rings. The molecule has 0 amide bonds. The third-order valence-corrected chi connectivity index (χ3v) is 2.20. The first-order valence-corrected chi connectivity index (χ1v) is 3.72. The predicted molar refractivity (Wildman–Crippen MR) is 24.7 cm³/mol. The van der Waals surface area contributed by atoms with E-state index in [4.69, 9.17) is 0 Å². The summed E-state index contributed by atoms with van der Waals surface area (Å²) in [5.41, 5.74) is 0. The molecular weight excluding hydrogens is 167 g/mol. The molecule has 0 aromatic carbocycles. The van der Waals surface area contributed by atoms with E-state index in [-0.39, 0.29) is 0 Å². The first kappa shape index (κ1) is 3.72. The summed E-state index contributed by atoms with van der Waals surface area (Å²) in [6.45, 7) is 0. The van der Waals surface area contributed by atoms with Gasteiger partial charge in [-0.2, -0.15) is 0 Å². The van der Waals surface area contributed by atoms with Crippen LogP contribution in [0.1, 0.15) is 6.42 Å². The van der Waals surface area contributed by atoms with Gasteiger partial charge in [0.25, 0.3) is 0 Å². The van der Waals surface area contributed by atoms with Gasteiger partial charge in [-0.05, 0) is 0 Å². The summed E-state index contributed by atoms with van der Waals surface area (Å²) in [7, 11) is 0. The SMILES string of the molecule is [SnH][CH]1C=CC1. The minimum absolute atomic E-state index is 1.01. The summed E-state index contributed by atoms with van der Waals surface area (Å²) >= 11 is 1.42. The van der Waals surface area contributed by atoms with Gasteiger partial charge in [0.2, 0.25) is 0 Å². The minimum atomic E-state index is 1.01. The second-order valence-corrected chi connectivity index (χ2v) is 3.77. The van der Waals surface area contributed by atoms with Gasteiger partial charge < -0.3 is 0 Å². The number of rotatable bonds is 0. The number of allylic oxidation sites excluding steroid dienone is 2. The van der Waals surface area contributed by atoms with Crippen molar-refractivity contribution in [1.29, 1.82) is 0 Å². The molecular formula is C4H6Sn. The molecule has 1 heteroatoms. The molecule has 0 aromatic heterocycles. The monoisotopic (exact) mass is 174 g/mol. The maximum atomic E-state index is 2.28. The first-order chi connectivity index (χ1) is 2.39. The van der Waals surface area contributed by atoms with Crippen LogP contribution in [0.25, 0.3) is 0 Å². The average Bonchev–Trinajstić information content (AvgIpc) is 1.30. The second-order valence-electron chi connectivity index (χ2n) is 1.33. The Balaban J connectivity index is 2.39. The first-order valence-electron chi connectivity index (χ1n) is 1.82. The van der Waals surface area contributed by atoms with Gasteiger partial charge in [0, 0.05) is 0 Å². The molecule has 0 fully saturated rings. The van der Waals surface area contributed by atoms with Crippen molar-refractivity contribution in [3.8, 4) is 0 Å². The molecule has 1 atom stereocenters. The standard InChI is InChI=1S/C4H5.Sn.H/c1-2-4-3-1;;/h1-3H,4H2;;. The van der Waals surface area contributed by atoms with Gasteiger partial charge in [0.15, 0.2) is 0 Å². The van der Waals surface area contributed by atoms with Crippen LogP contribution >= 0.6 is 0 Å². The molecule has 5 heavy (non-hydrogen) atoms. The third-order valence-electron chi connectivity index (χ3n) is 0.792. The number of hydrogen-bond acceptors (Lipinski definition) is 0. The van der Waals surface area contributed by atoms with Crippen LogP contribution in [0.4, 0.5) is 0 Å². The average molecular weight is 173 g/mol. The van der Waals surface area contributed by atoms with Crippen molar-refractivity contribution in [2.75, 3.05) is 0 Å². The summed E-state index contributed by atoms with van der Waals surface area (Å²) in [6, 6.07) is 0. The van der Waals surface area contributed by atoms with Gasteiger partial charge >= 0.3 is 45.0 Å².